The van der Waals surface area contributed by atoms with Gasteiger partial charge < -0.3 is 10.8 Å². The number of carbonyl (C=O) groups excluding carboxylic acids is 1. The smallest absolute Gasteiger partial charge is 0.250 e. The second-order valence-electron chi connectivity index (χ2n) is 3.32. The van der Waals surface area contributed by atoms with E-state index >= 15 is 0 Å². The summed E-state index contributed by atoms with van der Waals surface area (Å²) in [5.41, 5.74) is 7.95. The van der Waals surface area contributed by atoms with Gasteiger partial charge in [0, 0.05) is 0 Å². The number of amides is 1. The highest BCUT2D eigenvalue weighted by atomic mass is 16.3. The Morgan fingerprint density at radius 3 is 2.53 bits per heavy atom. The van der Waals surface area contributed by atoms with Crippen molar-refractivity contribution >= 4 is 5.91 Å². The molecule has 0 aliphatic rings. The molecular weight excluding hydrogens is 192 g/mol. The molecule has 0 bridgehead atoms. The van der Waals surface area contributed by atoms with Crippen molar-refractivity contribution in [2.75, 3.05) is 0 Å². The maximum Gasteiger partial charge on any atom is 0.250 e. The van der Waals surface area contributed by atoms with Gasteiger partial charge in [0.2, 0.25) is 0 Å². The molecule has 0 unspecified atom stereocenters. The fourth-order valence-electron chi connectivity index (χ4n) is 1.64. The molecule has 1 heterocycles. The summed E-state index contributed by atoms with van der Waals surface area (Å²) < 4.78 is 0. The van der Waals surface area contributed by atoms with Crippen LogP contribution in [-0.4, -0.2) is 16.0 Å². The molecule has 0 spiro atoms. The number of hydrogen-bond donors (Lipinski definition) is 2. The molecule has 0 aromatic carbocycles. The summed E-state index contributed by atoms with van der Waals surface area (Å²) >= 11 is 0. The predicted octanol–water partition coefficient (Wildman–Crippen LogP) is 0.798. The van der Waals surface area contributed by atoms with Crippen LogP contribution >= 0.6 is 0 Å². The van der Waals surface area contributed by atoms with Crippen LogP contribution in [-0.2, 0) is 19.4 Å². The Bertz CT molecular complexity index is 350. The van der Waals surface area contributed by atoms with Crippen LogP contribution in [0.2, 0.25) is 0 Å². The normalized spacial score (nSPS) is 10.3. The van der Waals surface area contributed by atoms with Crippen molar-refractivity contribution in [2.45, 2.75) is 33.3 Å². The van der Waals surface area contributed by atoms with Crippen LogP contribution < -0.4 is 5.73 Å². The van der Waals surface area contributed by atoms with Crippen molar-refractivity contribution in [3.63, 3.8) is 0 Å². The zero-order valence-electron chi connectivity index (χ0n) is 9.08. The van der Waals surface area contributed by atoms with Gasteiger partial charge in [0.05, 0.1) is 23.6 Å². The monoisotopic (exact) mass is 208 g/mol. The third-order valence-corrected chi connectivity index (χ3v) is 2.35. The number of hydrogen-bond acceptors (Lipinski definition) is 3. The summed E-state index contributed by atoms with van der Waals surface area (Å²) in [5.74, 6) is -0.444. The molecule has 1 rings (SSSR count). The molecule has 0 saturated heterocycles. The Morgan fingerprint density at radius 2 is 2.13 bits per heavy atom. The van der Waals surface area contributed by atoms with Crippen LogP contribution in [0.5, 0.6) is 0 Å². The Kier molecular flexibility index (Phi) is 3.80. The van der Waals surface area contributed by atoms with Gasteiger partial charge in [-0.3, -0.25) is 9.78 Å². The van der Waals surface area contributed by atoms with E-state index in [0.29, 0.717) is 29.8 Å². The number of pyridine rings is 1. The minimum absolute atomic E-state index is 0.112. The Labute approximate surface area is 89.1 Å². The first kappa shape index (κ1) is 11.7. The van der Waals surface area contributed by atoms with Gasteiger partial charge in [-0.25, -0.2) is 0 Å². The molecule has 4 heteroatoms. The van der Waals surface area contributed by atoms with Crippen molar-refractivity contribution in [2.24, 2.45) is 5.73 Å². The molecule has 82 valence electrons. The standard InChI is InChI=1S/C11H16N2O2/c1-3-7-5-8(6-14)13-9(4-2)10(7)11(12)15/h5,14H,3-4,6H2,1-2H3,(H2,12,15). The molecule has 3 N–H and O–H groups in total. The topological polar surface area (TPSA) is 76.2 Å². The number of aryl methyl sites for hydroxylation is 2. The first-order chi connectivity index (χ1) is 7.13. The summed E-state index contributed by atoms with van der Waals surface area (Å²) in [6.45, 7) is 3.75. The minimum atomic E-state index is -0.444. The first-order valence-corrected chi connectivity index (χ1v) is 5.06. The zero-order chi connectivity index (χ0) is 11.4. The van der Waals surface area contributed by atoms with Crippen molar-refractivity contribution in [1.82, 2.24) is 4.98 Å². The van der Waals surface area contributed by atoms with Crippen LogP contribution in [0.25, 0.3) is 0 Å². The largest absolute Gasteiger partial charge is 0.390 e. The van der Waals surface area contributed by atoms with E-state index in [0.717, 1.165) is 5.56 Å². The first-order valence-electron chi connectivity index (χ1n) is 5.06. The van der Waals surface area contributed by atoms with Gasteiger partial charge in [-0.1, -0.05) is 13.8 Å². The molecule has 1 aromatic heterocycles. The highest BCUT2D eigenvalue weighted by Gasteiger charge is 2.14. The van der Waals surface area contributed by atoms with Crippen molar-refractivity contribution in [1.29, 1.82) is 0 Å². The van der Waals surface area contributed by atoms with Gasteiger partial charge in [-0.2, -0.15) is 0 Å². The quantitative estimate of drug-likeness (QED) is 0.768. The maximum atomic E-state index is 11.3. The number of aliphatic hydroxyl groups is 1. The Balaban J connectivity index is 3.39. The van der Waals surface area contributed by atoms with E-state index < -0.39 is 5.91 Å². The van der Waals surface area contributed by atoms with Gasteiger partial charge in [-0.05, 0) is 24.5 Å². The van der Waals surface area contributed by atoms with E-state index in [1.54, 1.807) is 6.07 Å². The number of carbonyl (C=O) groups is 1. The van der Waals surface area contributed by atoms with E-state index in [1.807, 2.05) is 13.8 Å². The van der Waals surface area contributed by atoms with Gasteiger partial charge in [0.25, 0.3) is 5.91 Å². The molecule has 1 amide bonds. The van der Waals surface area contributed by atoms with Gasteiger partial charge in [0.15, 0.2) is 0 Å². The predicted molar refractivity (Wildman–Crippen MR) is 57.4 cm³/mol. The van der Waals surface area contributed by atoms with Crippen LogP contribution in [0.4, 0.5) is 0 Å². The molecule has 0 fully saturated rings. The lowest BCUT2D eigenvalue weighted by molar-refractivity contribution is 0.0998. The molecule has 0 radical (unpaired) electrons. The second kappa shape index (κ2) is 4.89. The SMILES string of the molecule is CCc1cc(CO)nc(CC)c1C(N)=O. The fraction of sp³-hybridized carbons (Fsp3) is 0.455. The maximum absolute atomic E-state index is 11.3. The van der Waals surface area contributed by atoms with E-state index in [4.69, 9.17) is 10.8 Å². The molecule has 0 saturated carbocycles. The van der Waals surface area contributed by atoms with Gasteiger partial charge in [0.1, 0.15) is 0 Å². The second-order valence-corrected chi connectivity index (χ2v) is 3.32. The van der Waals surface area contributed by atoms with Crippen molar-refractivity contribution < 1.29 is 9.90 Å². The lowest BCUT2D eigenvalue weighted by Gasteiger charge is -2.11. The van der Waals surface area contributed by atoms with Crippen molar-refractivity contribution in [3.05, 3.63) is 28.6 Å². The van der Waals surface area contributed by atoms with E-state index in [1.165, 1.54) is 0 Å². The van der Waals surface area contributed by atoms with Gasteiger partial charge >= 0.3 is 0 Å². The number of aliphatic hydroxyl groups excluding tert-OH is 1. The average Bonchev–Trinajstić information content (AvgIpc) is 2.26. The minimum Gasteiger partial charge on any atom is -0.390 e. The summed E-state index contributed by atoms with van der Waals surface area (Å²) in [7, 11) is 0. The highest BCUT2D eigenvalue weighted by Crippen LogP contribution is 2.16. The van der Waals surface area contributed by atoms with Crippen LogP contribution in [0, 0.1) is 0 Å². The fourth-order valence-corrected chi connectivity index (χ4v) is 1.64. The summed E-state index contributed by atoms with van der Waals surface area (Å²) in [4.78, 5) is 15.5. The van der Waals surface area contributed by atoms with E-state index in [-0.39, 0.29) is 6.61 Å². The van der Waals surface area contributed by atoms with E-state index in [9.17, 15) is 4.79 Å². The zero-order valence-corrected chi connectivity index (χ0v) is 9.08. The van der Waals surface area contributed by atoms with Crippen molar-refractivity contribution in [3.8, 4) is 0 Å². The third-order valence-electron chi connectivity index (χ3n) is 2.35. The van der Waals surface area contributed by atoms with Gasteiger partial charge in [-0.15, -0.1) is 0 Å². The molecule has 0 aliphatic heterocycles. The average molecular weight is 208 g/mol. The van der Waals surface area contributed by atoms with Crippen LogP contribution in [0.3, 0.4) is 0 Å². The summed E-state index contributed by atoms with van der Waals surface area (Å²) in [6, 6.07) is 1.74. The molecule has 1 aromatic rings. The number of nitrogens with zero attached hydrogens (tertiary/aromatic N) is 1. The highest BCUT2D eigenvalue weighted by molar-refractivity contribution is 5.95. The molecule has 0 aliphatic carbocycles. The third kappa shape index (κ3) is 2.33. The molecular formula is C11H16N2O2. The Morgan fingerprint density at radius 1 is 1.47 bits per heavy atom. The number of primary amides is 1. The molecule has 15 heavy (non-hydrogen) atoms. The lowest BCUT2D eigenvalue weighted by atomic mass is 10.0. The van der Waals surface area contributed by atoms with E-state index in [2.05, 4.69) is 4.98 Å². The van der Waals surface area contributed by atoms with Crippen LogP contribution in [0.1, 0.15) is 41.2 Å². The Hall–Kier alpha value is -1.42. The summed E-state index contributed by atoms with van der Waals surface area (Å²) in [5, 5.41) is 9.03. The number of aromatic nitrogens is 1. The molecule has 4 nitrogen and oxygen atoms in total. The number of nitrogens with two attached hydrogens (primary N) is 1. The summed E-state index contributed by atoms with van der Waals surface area (Å²) in [6.07, 6.45) is 1.35. The number of rotatable bonds is 4. The molecule has 0 atom stereocenters. The lowest BCUT2D eigenvalue weighted by Crippen LogP contribution is -2.18. The van der Waals surface area contributed by atoms with Crippen LogP contribution in [0.15, 0.2) is 6.07 Å².